The van der Waals surface area contributed by atoms with E-state index in [9.17, 15) is 31.2 Å². The summed E-state index contributed by atoms with van der Waals surface area (Å²) < 4.78 is 77.6. The van der Waals surface area contributed by atoms with Crippen molar-refractivity contribution in [3.05, 3.63) is 52.0 Å². The molecule has 1 aliphatic carbocycles. The van der Waals surface area contributed by atoms with E-state index in [-0.39, 0.29) is 36.5 Å². The normalized spacial score (nSPS) is 15.1. The highest BCUT2D eigenvalue weighted by atomic mass is 32.2. The standard InChI is InChI=1S/C29H32F3N3O6S2/c1-4-17-12-13-19-22(15-17)42-26(25(19)27(37)41-5-2)35-24(36)11-8-14-43(38,39)28-33-20(16-23(34-28)29(30,31)32)18-9-6-7-10-21(18)40-3/h6-7,9-10,16-17H,4-5,8,11-15H2,1-3H3,(H,35,36). The van der Waals surface area contributed by atoms with Gasteiger partial charge in [0.2, 0.25) is 20.9 Å². The maximum Gasteiger partial charge on any atom is 0.433 e. The number of thiophene rings is 1. The lowest BCUT2D eigenvalue weighted by Gasteiger charge is -2.20. The van der Waals surface area contributed by atoms with Gasteiger partial charge in [-0.05, 0) is 62.3 Å². The highest BCUT2D eigenvalue weighted by Crippen LogP contribution is 2.41. The lowest BCUT2D eigenvalue weighted by Crippen LogP contribution is -2.19. The van der Waals surface area contributed by atoms with E-state index < -0.39 is 44.5 Å². The van der Waals surface area contributed by atoms with Gasteiger partial charge in [-0.2, -0.15) is 13.2 Å². The van der Waals surface area contributed by atoms with Crippen molar-refractivity contribution in [2.45, 2.75) is 63.7 Å². The van der Waals surface area contributed by atoms with Crippen molar-refractivity contribution in [1.82, 2.24) is 9.97 Å². The Balaban J connectivity index is 1.51. The molecule has 0 spiro atoms. The Kier molecular flexibility index (Phi) is 10.1. The van der Waals surface area contributed by atoms with E-state index in [2.05, 4.69) is 22.2 Å². The van der Waals surface area contributed by atoms with Gasteiger partial charge in [-0.1, -0.05) is 25.5 Å². The van der Waals surface area contributed by atoms with Gasteiger partial charge in [-0.3, -0.25) is 4.79 Å². The van der Waals surface area contributed by atoms with Gasteiger partial charge in [0, 0.05) is 16.9 Å². The first kappa shape index (κ1) is 32.4. The number of aromatic nitrogens is 2. The number of para-hydroxylation sites is 1. The van der Waals surface area contributed by atoms with E-state index in [1.807, 2.05) is 0 Å². The zero-order valence-corrected chi connectivity index (χ0v) is 25.5. The molecular weight excluding hydrogens is 607 g/mol. The molecule has 0 bridgehead atoms. The van der Waals surface area contributed by atoms with Crippen LogP contribution in [0.25, 0.3) is 11.3 Å². The second-order valence-electron chi connectivity index (χ2n) is 10.0. The van der Waals surface area contributed by atoms with E-state index in [1.54, 1.807) is 19.1 Å². The first-order chi connectivity index (χ1) is 20.4. The molecule has 0 saturated heterocycles. The minimum absolute atomic E-state index is 0.162. The zero-order valence-electron chi connectivity index (χ0n) is 23.9. The molecule has 1 aromatic carbocycles. The fourth-order valence-corrected chi connectivity index (χ4v) is 7.46. The third kappa shape index (κ3) is 7.53. The van der Waals surface area contributed by atoms with Gasteiger partial charge in [0.1, 0.15) is 16.4 Å². The summed E-state index contributed by atoms with van der Waals surface area (Å²) in [6.45, 7) is 3.97. The van der Waals surface area contributed by atoms with Gasteiger partial charge in [0.05, 0.1) is 30.7 Å². The van der Waals surface area contributed by atoms with E-state index in [1.165, 1.54) is 30.6 Å². The van der Waals surface area contributed by atoms with E-state index in [0.717, 1.165) is 29.7 Å². The van der Waals surface area contributed by atoms with Crippen LogP contribution in [0.15, 0.2) is 35.5 Å². The van der Waals surface area contributed by atoms with E-state index >= 15 is 0 Å². The SMILES string of the molecule is CCOC(=O)c1c(NC(=O)CCCS(=O)(=O)c2nc(-c3ccccc3OC)cc(C(F)(F)F)n2)sc2c1CCC(CC)C2. The van der Waals surface area contributed by atoms with Crippen LogP contribution in [0.2, 0.25) is 0 Å². The predicted octanol–water partition coefficient (Wildman–Crippen LogP) is 6.12. The molecule has 1 N–H and O–H groups in total. The number of carbonyl (C=O) groups excluding carboxylic acids is 2. The molecular formula is C29H32F3N3O6S2. The van der Waals surface area contributed by atoms with Gasteiger partial charge in [0.25, 0.3) is 0 Å². The van der Waals surface area contributed by atoms with Crippen LogP contribution in [-0.4, -0.2) is 49.7 Å². The van der Waals surface area contributed by atoms with Gasteiger partial charge in [-0.25, -0.2) is 23.2 Å². The van der Waals surface area contributed by atoms with Crippen LogP contribution in [0.3, 0.4) is 0 Å². The Bertz CT molecular complexity index is 1610. The largest absolute Gasteiger partial charge is 0.496 e. The molecule has 1 aliphatic rings. The van der Waals surface area contributed by atoms with Crippen molar-refractivity contribution >= 4 is 38.1 Å². The Labute approximate surface area is 251 Å². The van der Waals surface area contributed by atoms with Crippen LogP contribution in [0.1, 0.15) is 66.0 Å². The molecule has 4 rings (SSSR count). The maximum absolute atomic E-state index is 13.7. The second kappa shape index (κ2) is 13.4. The maximum atomic E-state index is 13.7. The predicted molar refractivity (Wildman–Crippen MR) is 155 cm³/mol. The molecule has 232 valence electrons. The molecule has 0 saturated carbocycles. The molecule has 2 heterocycles. The van der Waals surface area contributed by atoms with Gasteiger partial charge < -0.3 is 14.8 Å². The highest BCUT2D eigenvalue weighted by molar-refractivity contribution is 7.91. The second-order valence-corrected chi connectivity index (χ2v) is 13.1. The first-order valence-electron chi connectivity index (χ1n) is 13.8. The summed E-state index contributed by atoms with van der Waals surface area (Å²) in [6, 6.07) is 6.79. The van der Waals surface area contributed by atoms with Gasteiger partial charge in [0.15, 0.2) is 0 Å². The molecule has 3 aromatic rings. The number of amides is 1. The van der Waals surface area contributed by atoms with Crippen LogP contribution in [-0.2, 0) is 38.4 Å². The van der Waals surface area contributed by atoms with Crippen LogP contribution in [0, 0.1) is 5.92 Å². The number of rotatable bonds is 11. The Morgan fingerprint density at radius 1 is 1.16 bits per heavy atom. The van der Waals surface area contributed by atoms with E-state index in [4.69, 9.17) is 9.47 Å². The molecule has 1 amide bonds. The number of sulfone groups is 1. The van der Waals surface area contributed by atoms with Crippen molar-refractivity contribution in [3.63, 3.8) is 0 Å². The molecule has 0 fully saturated rings. The van der Waals surface area contributed by atoms with Crippen LogP contribution >= 0.6 is 11.3 Å². The molecule has 43 heavy (non-hydrogen) atoms. The average Bonchev–Trinajstić information content (AvgIpc) is 3.33. The number of anilines is 1. The average molecular weight is 640 g/mol. The highest BCUT2D eigenvalue weighted by Gasteiger charge is 2.36. The topological polar surface area (TPSA) is 125 Å². The number of hydrogen-bond acceptors (Lipinski definition) is 9. The van der Waals surface area contributed by atoms with E-state index in [0.29, 0.717) is 29.0 Å². The minimum Gasteiger partial charge on any atom is -0.496 e. The fourth-order valence-electron chi connectivity index (χ4n) is 4.92. The number of methoxy groups -OCH3 is 1. The molecule has 14 heteroatoms. The number of esters is 1. The van der Waals surface area contributed by atoms with Crippen LogP contribution < -0.4 is 10.1 Å². The van der Waals surface area contributed by atoms with Crippen molar-refractivity contribution < 1.29 is 40.7 Å². The molecule has 1 unspecified atom stereocenters. The first-order valence-corrected chi connectivity index (χ1v) is 16.3. The number of benzene rings is 1. The zero-order chi connectivity index (χ0) is 31.4. The summed E-state index contributed by atoms with van der Waals surface area (Å²) in [7, 11) is -3.09. The molecule has 0 radical (unpaired) electrons. The summed E-state index contributed by atoms with van der Waals surface area (Å²) in [6.07, 6.45) is -2.00. The number of hydrogen-bond donors (Lipinski definition) is 1. The fraction of sp³-hybridized carbons (Fsp3) is 0.448. The lowest BCUT2D eigenvalue weighted by atomic mass is 9.85. The third-order valence-corrected chi connectivity index (χ3v) is 9.89. The molecule has 0 aliphatic heterocycles. The van der Waals surface area contributed by atoms with Gasteiger partial charge in [-0.15, -0.1) is 11.3 Å². The van der Waals surface area contributed by atoms with Gasteiger partial charge >= 0.3 is 12.1 Å². The Hall–Kier alpha value is -3.52. The number of carbonyl (C=O) groups is 2. The summed E-state index contributed by atoms with van der Waals surface area (Å²) >= 11 is 1.32. The lowest BCUT2D eigenvalue weighted by molar-refractivity contribution is -0.141. The number of nitrogens with one attached hydrogen (secondary N) is 1. The quantitative estimate of drug-likeness (QED) is 0.197. The van der Waals surface area contributed by atoms with Crippen LogP contribution in [0.5, 0.6) is 5.75 Å². The number of nitrogens with zero attached hydrogens (tertiary/aromatic N) is 2. The summed E-state index contributed by atoms with van der Waals surface area (Å²) in [4.78, 5) is 33.9. The molecule has 1 atom stereocenters. The number of halogens is 3. The Morgan fingerprint density at radius 2 is 1.91 bits per heavy atom. The van der Waals surface area contributed by atoms with Crippen molar-refractivity contribution in [1.29, 1.82) is 0 Å². The Morgan fingerprint density at radius 3 is 2.58 bits per heavy atom. The van der Waals surface area contributed by atoms with Crippen LogP contribution in [0.4, 0.5) is 18.2 Å². The smallest absolute Gasteiger partial charge is 0.433 e. The summed E-state index contributed by atoms with van der Waals surface area (Å²) in [5, 5.41) is 2.09. The monoisotopic (exact) mass is 639 g/mol. The summed E-state index contributed by atoms with van der Waals surface area (Å²) in [5.41, 5.74) is -0.319. The number of ether oxygens (including phenoxy) is 2. The van der Waals surface area contributed by atoms with Crippen molar-refractivity contribution in [3.8, 4) is 17.0 Å². The molecule has 2 aromatic heterocycles. The third-order valence-electron chi connectivity index (χ3n) is 7.15. The number of fused-ring (bicyclic) bond motifs is 1. The van der Waals surface area contributed by atoms with Crippen molar-refractivity contribution in [2.75, 3.05) is 24.8 Å². The number of alkyl halides is 3. The van der Waals surface area contributed by atoms with Crippen molar-refractivity contribution in [2.24, 2.45) is 5.92 Å². The molecule has 9 nitrogen and oxygen atoms in total. The minimum atomic E-state index is -4.93. The summed E-state index contributed by atoms with van der Waals surface area (Å²) in [5.74, 6) is -1.04.